The third-order valence-electron chi connectivity index (χ3n) is 17.0. The molecule has 0 bridgehead atoms. The number of ether oxygens (including phenoxy) is 4. The number of unbranched alkanes of at least 4 members (excludes halogenated alkanes) is 32. The van der Waals surface area contributed by atoms with E-state index in [0.29, 0.717) is 31.6 Å². The van der Waals surface area contributed by atoms with Crippen LogP contribution in [-0.2, 0) is 65.4 Å². The number of hydrogen-bond acceptors (Lipinski definition) is 15. The minimum absolute atomic E-state index is 0.0835. The Labute approximate surface area is 561 Å². The van der Waals surface area contributed by atoms with E-state index in [9.17, 15) is 43.2 Å². The fraction of sp³-hybridized carbons (Fsp3) is 0.890. The molecule has 542 valence electrons. The highest BCUT2D eigenvalue weighted by molar-refractivity contribution is 7.47. The van der Waals surface area contributed by atoms with E-state index in [4.69, 9.17) is 37.0 Å². The molecule has 4 unspecified atom stereocenters. The van der Waals surface area contributed by atoms with Gasteiger partial charge in [-0.2, -0.15) is 0 Å². The zero-order valence-corrected chi connectivity index (χ0v) is 61.3. The number of carbonyl (C=O) groups excluding carboxylic acids is 4. The molecule has 0 saturated heterocycles. The average molecular weight is 1350 g/mol. The Morgan fingerprint density at radius 2 is 0.641 bits per heavy atom. The van der Waals surface area contributed by atoms with Gasteiger partial charge in [-0.3, -0.25) is 37.3 Å². The second kappa shape index (κ2) is 63.3. The summed E-state index contributed by atoms with van der Waals surface area (Å²) in [4.78, 5) is 72.6. The van der Waals surface area contributed by atoms with Gasteiger partial charge in [-0.25, -0.2) is 9.13 Å². The number of phosphoric acid groups is 2. The lowest BCUT2D eigenvalue weighted by Gasteiger charge is -2.21. The summed E-state index contributed by atoms with van der Waals surface area (Å²) in [5.41, 5.74) is 0. The van der Waals surface area contributed by atoms with Gasteiger partial charge in [0.25, 0.3) is 0 Å². The van der Waals surface area contributed by atoms with Crippen molar-refractivity contribution in [3.63, 3.8) is 0 Å². The van der Waals surface area contributed by atoms with Gasteiger partial charge in [-0.15, -0.1) is 0 Å². The van der Waals surface area contributed by atoms with Gasteiger partial charge in [0.2, 0.25) is 0 Å². The zero-order valence-electron chi connectivity index (χ0n) is 59.5. The molecule has 0 spiro atoms. The number of carbonyl (C=O) groups is 4. The van der Waals surface area contributed by atoms with Crippen LogP contribution in [0.4, 0.5) is 0 Å². The van der Waals surface area contributed by atoms with Crippen LogP contribution in [0, 0.1) is 17.8 Å². The molecule has 0 aromatic carbocycles. The highest BCUT2D eigenvalue weighted by Gasteiger charge is 2.30. The second-order valence-electron chi connectivity index (χ2n) is 26.6. The van der Waals surface area contributed by atoms with Crippen molar-refractivity contribution >= 4 is 39.5 Å². The van der Waals surface area contributed by atoms with E-state index in [0.717, 1.165) is 121 Å². The number of aliphatic hydroxyl groups is 1. The summed E-state index contributed by atoms with van der Waals surface area (Å²) < 4.78 is 68.3. The summed E-state index contributed by atoms with van der Waals surface area (Å²) in [6.45, 7) is 11.8. The molecule has 19 heteroatoms. The van der Waals surface area contributed by atoms with Crippen molar-refractivity contribution in [2.24, 2.45) is 17.8 Å². The van der Waals surface area contributed by atoms with Gasteiger partial charge in [0.15, 0.2) is 12.2 Å². The smallest absolute Gasteiger partial charge is 0.462 e. The van der Waals surface area contributed by atoms with Crippen LogP contribution in [0.1, 0.15) is 344 Å². The fourth-order valence-electron chi connectivity index (χ4n) is 10.5. The average Bonchev–Trinajstić information content (AvgIpc) is 2.35. The molecule has 0 saturated carbocycles. The molecule has 0 aliphatic rings. The molecule has 0 aliphatic heterocycles. The SMILES string of the molecule is CCCCCC/C=C\C=C/CCCCCCCC(=O)O[C@H](COC(=O)CCCCCCCCC(C)C)COP(=O)(O)OC[C@H](O)COP(=O)(O)OC[C@@H](COC(=O)CCCCCCCCCCCCC(C)CC)OC(=O)CCCCCCCCCCCCC(C)CC. The molecule has 0 aromatic heterocycles. The third kappa shape index (κ3) is 63.6. The molecule has 0 amide bonds. The Balaban J connectivity index is 5.29. The molecule has 0 aromatic rings. The first kappa shape index (κ1) is 89.5. The molecule has 0 rings (SSSR count). The first-order valence-electron chi connectivity index (χ1n) is 37.2. The van der Waals surface area contributed by atoms with E-state index in [1.54, 1.807) is 0 Å². The van der Waals surface area contributed by atoms with E-state index in [1.165, 1.54) is 135 Å². The lowest BCUT2D eigenvalue weighted by atomic mass is 9.99. The summed E-state index contributed by atoms with van der Waals surface area (Å²) in [6.07, 6.45) is 50.7. The number of rotatable bonds is 69. The molecule has 0 heterocycles. The van der Waals surface area contributed by atoms with Gasteiger partial charge in [0.1, 0.15) is 19.3 Å². The molecular weight excluding hydrogens is 1210 g/mol. The quantitative estimate of drug-likeness (QED) is 0.0169. The predicted molar refractivity (Wildman–Crippen MR) is 372 cm³/mol. The van der Waals surface area contributed by atoms with Gasteiger partial charge in [-0.05, 0) is 69.1 Å². The second-order valence-corrected chi connectivity index (χ2v) is 29.5. The monoisotopic (exact) mass is 1350 g/mol. The van der Waals surface area contributed by atoms with Crippen LogP contribution in [0.25, 0.3) is 0 Å². The number of esters is 4. The molecule has 92 heavy (non-hydrogen) atoms. The Hall–Kier alpha value is -2.46. The lowest BCUT2D eigenvalue weighted by molar-refractivity contribution is -0.161. The summed E-state index contributed by atoms with van der Waals surface area (Å²) in [5, 5.41) is 10.6. The van der Waals surface area contributed by atoms with Crippen LogP contribution in [0.3, 0.4) is 0 Å². The van der Waals surface area contributed by atoms with Crippen LogP contribution in [-0.4, -0.2) is 96.7 Å². The first-order valence-corrected chi connectivity index (χ1v) is 40.2. The number of aliphatic hydroxyl groups excluding tert-OH is 1. The van der Waals surface area contributed by atoms with Crippen molar-refractivity contribution in [3.8, 4) is 0 Å². The molecule has 0 aliphatic carbocycles. The summed E-state index contributed by atoms with van der Waals surface area (Å²) >= 11 is 0. The summed E-state index contributed by atoms with van der Waals surface area (Å²) in [7, 11) is -9.92. The molecule has 0 fully saturated rings. The van der Waals surface area contributed by atoms with Crippen molar-refractivity contribution in [2.75, 3.05) is 39.6 Å². The van der Waals surface area contributed by atoms with Crippen molar-refractivity contribution in [3.05, 3.63) is 24.3 Å². The first-order chi connectivity index (χ1) is 44.3. The minimum Gasteiger partial charge on any atom is -0.462 e. The molecule has 17 nitrogen and oxygen atoms in total. The van der Waals surface area contributed by atoms with Gasteiger partial charge in [0.05, 0.1) is 26.4 Å². The van der Waals surface area contributed by atoms with Gasteiger partial charge in [0, 0.05) is 25.7 Å². The van der Waals surface area contributed by atoms with Crippen molar-refractivity contribution in [1.82, 2.24) is 0 Å². The van der Waals surface area contributed by atoms with Crippen LogP contribution >= 0.6 is 15.6 Å². The maximum absolute atomic E-state index is 13.0. The van der Waals surface area contributed by atoms with Crippen LogP contribution in [0.5, 0.6) is 0 Å². The third-order valence-corrected chi connectivity index (χ3v) is 18.9. The van der Waals surface area contributed by atoms with Crippen LogP contribution in [0.2, 0.25) is 0 Å². The number of hydrogen-bond donors (Lipinski definition) is 3. The highest BCUT2D eigenvalue weighted by atomic mass is 31.2. The fourth-order valence-corrected chi connectivity index (χ4v) is 12.0. The Bertz CT molecular complexity index is 1900. The van der Waals surface area contributed by atoms with Crippen molar-refractivity contribution < 1.29 is 80.2 Å². The van der Waals surface area contributed by atoms with Gasteiger partial charge >= 0.3 is 39.5 Å². The molecule has 0 radical (unpaired) electrons. The Kier molecular flexibility index (Phi) is 61.6. The molecule has 3 N–H and O–H groups in total. The van der Waals surface area contributed by atoms with Gasteiger partial charge in [-0.1, -0.05) is 291 Å². The van der Waals surface area contributed by atoms with E-state index in [2.05, 4.69) is 72.8 Å². The largest absolute Gasteiger partial charge is 0.472 e. The zero-order chi connectivity index (χ0) is 68.0. The summed E-state index contributed by atoms with van der Waals surface area (Å²) in [5.74, 6) is 0.131. The van der Waals surface area contributed by atoms with E-state index in [-0.39, 0.29) is 25.7 Å². The van der Waals surface area contributed by atoms with E-state index in [1.807, 2.05) is 0 Å². The van der Waals surface area contributed by atoms with Crippen molar-refractivity contribution in [2.45, 2.75) is 362 Å². The maximum atomic E-state index is 13.0. The van der Waals surface area contributed by atoms with Crippen LogP contribution in [0.15, 0.2) is 24.3 Å². The van der Waals surface area contributed by atoms with E-state index < -0.39 is 97.5 Å². The molecular formula is C73H138O17P2. The normalized spacial score (nSPS) is 14.9. The minimum atomic E-state index is -4.96. The topological polar surface area (TPSA) is 237 Å². The highest BCUT2D eigenvalue weighted by Crippen LogP contribution is 2.45. The van der Waals surface area contributed by atoms with Crippen molar-refractivity contribution in [1.29, 1.82) is 0 Å². The van der Waals surface area contributed by atoms with Crippen LogP contribution < -0.4 is 0 Å². The Morgan fingerprint density at radius 1 is 0.359 bits per heavy atom. The summed E-state index contributed by atoms with van der Waals surface area (Å²) in [6, 6.07) is 0. The van der Waals surface area contributed by atoms with Gasteiger partial charge < -0.3 is 33.8 Å². The number of allylic oxidation sites excluding steroid dienone is 4. The maximum Gasteiger partial charge on any atom is 0.472 e. The lowest BCUT2D eigenvalue weighted by Crippen LogP contribution is -2.30. The Morgan fingerprint density at radius 3 is 0.967 bits per heavy atom. The predicted octanol–water partition coefficient (Wildman–Crippen LogP) is 20.6. The number of phosphoric ester groups is 2. The van der Waals surface area contributed by atoms with E-state index >= 15 is 0 Å². The molecule has 7 atom stereocenters. The standard InChI is InChI=1S/C73H138O17P2/c1-8-11-12-13-14-15-16-17-18-19-20-28-33-42-49-56-72(77)90-69(61-84-71(76)55-48-41-36-35-37-44-51-64(4)5)63-88-92(81,82)86-59-67(74)58-85-91(79,80)87-62-68(89-73(78)57-50-43-34-29-24-22-26-31-39-46-53-66(7)10-3)60-83-70(75)54-47-40-32-27-23-21-25-30-38-45-52-65(6)9-2/h15-18,64-69,74H,8-14,19-63H2,1-7H3,(H,79,80)(H,81,82)/b16-15-,18-17-/t65?,66?,67-,68-,69-/m1/s1.